The Hall–Kier alpha value is -5.80. The highest BCUT2D eigenvalue weighted by Gasteiger charge is 2.48. The van der Waals surface area contributed by atoms with Crippen molar-refractivity contribution in [1.82, 2.24) is 0 Å². The van der Waals surface area contributed by atoms with Crippen LogP contribution in [0.25, 0.3) is 22.3 Å². The summed E-state index contributed by atoms with van der Waals surface area (Å²) >= 11 is 0. The van der Waals surface area contributed by atoms with Crippen LogP contribution in [0.5, 0.6) is 0 Å². The van der Waals surface area contributed by atoms with E-state index in [0.717, 1.165) is 0 Å². The van der Waals surface area contributed by atoms with Crippen LogP contribution in [0.3, 0.4) is 0 Å². The number of para-hydroxylation sites is 3. The Morgan fingerprint density at radius 2 is 0.926 bits per heavy atom. The predicted octanol–water partition coefficient (Wildman–Crippen LogP) is 11.3. The van der Waals surface area contributed by atoms with Gasteiger partial charge in [-0.1, -0.05) is 159 Å². The fraction of sp³-hybridized carbons (Fsp3) is 0.176. The lowest BCUT2D eigenvalue weighted by molar-refractivity contribution is 0.660. The van der Waals surface area contributed by atoms with Gasteiger partial charge in [0.15, 0.2) is 0 Å². The van der Waals surface area contributed by atoms with E-state index in [2.05, 4.69) is 192 Å². The van der Waals surface area contributed by atoms with Gasteiger partial charge in [-0.3, -0.25) is 0 Å². The van der Waals surface area contributed by atoms with Gasteiger partial charge in [0.25, 0.3) is 0 Å². The average molecular weight is 695 g/mol. The van der Waals surface area contributed by atoms with Crippen LogP contribution in [-0.2, 0) is 10.8 Å². The summed E-state index contributed by atoms with van der Waals surface area (Å²) in [5.74, 6) is 0. The number of rotatable bonds is 2. The first-order valence-corrected chi connectivity index (χ1v) is 19.5. The molecular formula is C51H43BN2. The monoisotopic (exact) mass is 694 g/mol. The Kier molecular flexibility index (Phi) is 6.26. The zero-order valence-corrected chi connectivity index (χ0v) is 32.2. The minimum Gasteiger partial charge on any atom is -0.307 e. The molecule has 0 radical (unpaired) electrons. The molecule has 0 N–H and O–H groups in total. The normalized spacial score (nSPS) is 15.9. The van der Waals surface area contributed by atoms with Crippen LogP contribution >= 0.6 is 0 Å². The number of aryl methyl sites for hydroxylation is 3. The molecule has 0 unspecified atom stereocenters. The Labute approximate surface area is 319 Å². The van der Waals surface area contributed by atoms with Gasteiger partial charge < -0.3 is 9.80 Å². The summed E-state index contributed by atoms with van der Waals surface area (Å²) in [7, 11) is 0. The van der Waals surface area contributed by atoms with Gasteiger partial charge in [0.2, 0.25) is 6.71 Å². The van der Waals surface area contributed by atoms with E-state index in [9.17, 15) is 0 Å². The lowest BCUT2D eigenvalue weighted by atomic mass is 9.33. The second-order valence-electron chi connectivity index (χ2n) is 17.1. The standard InChI is InChI=1S/C51H43BN2/c1-30-28-31(2)47(32(3)29-30)52-39-21-15-25-44-48(39)54(49-40(52)27-26-38-46(49)34-17-9-11-19-36(34)51(38,6)7)42-23-13-12-22-41(42)53(44)43-24-14-20-37-45(43)33-16-8-10-18-35(33)50(37,4)5/h8-29H,1-7H3. The Morgan fingerprint density at radius 1 is 0.426 bits per heavy atom. The second-order valence-corrected chi connectivity index (χ2v) is 17.1. The predicted molar refractivity (Wildman–Crippen MR) is 230 cm³/mol. The molecule has 0 atom stereocenters. The smallest absolute Gasteiger partial charge is 0.247 e. The van der Waals surface area contributed by atoms with Crippen LogP contribution < -0.4 is 26.2 Å². The van der Waals surface area contributed by atoms with E-state index in [1.165, 1.54) is 112 Å². The van der Waals surface area contributed by atoms with Crippen LogP contribution in [0.2, 0.25) is 0 Å². The molecule has 0 saturated carbocycles. The molecule has 0 saturated heterocycles. The first kappa shape index (κ1) is 31.7. The minimum absolute atomic E-state index is 0.0706. The van der Waals surface area contributed by atoms with Crippen molar-refractivity contribution >= 4 is 57.2 Å². The first-order valence-electron chi connectivity index (χ1n) is 19.5. The van der Waals surface area contributed by atoms with Crippen molar-refractivity contribution in [3.63, 3.8) is 0 Å². The van der Waals surface area contributed by atoms with Crippen molar-refractivity contribution in [2.45, 2.75) is 59.3 Å². The summed E-state index contributed by atoms with van der Waals surface area (Å²) in [6.45, 7) is 16.5. The van der Waals surface area contributed by atoms with E-state index < -0.39 is 0 Å². The summed E-state index contributed by atoms with van der Waals surface area (Å²) in [5.41, 5.74) is 26.4. The summed E-state index contributed by atoms with van der Waals surface area (Å²) < 4.78 is 0. The quantitative estimate of drug-likeness (QED) is 0.166. The van der Waals surface area contributed by atoms with Gasteiger partial charge >= 0.3 is 0 Å². The lowest BCUT2D eigenvalue weighted by Crippen LogP contribution is -2.59. The van der Waals surface area contributed by atoms with E-state index in [-0.39, 0.29) is 17.5 Å². The van der Waals surface area contributed by atoms with E-state index in [1.54, 1.807) is 0 Å². The third-order valence-corrected chi connectivity index (χ3v) is 13.3. The minimum atomic E-state index is -0.113. The first-order chi connectivity index (χ1) is 26.1. The van der Waals surface area contributed by atoms with Gasteiger partial charge in [-0.2, -0.15) is 0 Å². The largest absolute Gasteiger partial charge is 0.307 e. The van der Waals surface area contributed by atoms with Crippen molar-refractivity contribution in [3.05, 3.63) is 172 Å². The maximum Gasteiger partial charge on any atom is 0.247 e. The van der Waals surface area contributed by atoms with Crippen molar-refractivity contribution in [1.29, 1.82) is 0 Å². The fourth-order valence-electron chi connectivity index (χ4n) is 11.1. The van der Waals surface area contributed by atoms with Gasteiger partial charge in [0.1, 0.15) is 0 Å². The highest BCUT2D eigenvalue weighted by atomic mass is 15.3. The molecule has 2 heterocycles. The molecule has 2 nitrogen and oxygen atoms in total. The zero-order chi connectivity index (χ0) is 36.8. The molecule has 4 aliphatic rings. The molecule has 7 aromatic carbocycles. The zero-order valence-electron chi connectivity index (χ0n) is 32.2. The molecule has 2 aliphatic heterocycles. The Morgan fingerprint density at radius 3 is 1.61 bits per heavy atom. The van der Waals surface area contributed by atoms with Gasteiger partial charge in [-0.25, -0.2) is 0 Å². The molecule has 0 aromatic heterocycles. The van der Waals surface area contributed by atoms with Crippen LogP contribution in [0.1, 0.15) is 66.6 Å². The van der Waals surface area contributed by atoms with Crippen molar-refractivity contribution < 1.29 is 0 Å². The summed E-state index contributed by atoms with van der Waals surface area (Å²) in [6, 6.07) is 51.0. The van der Waals surface area contributed by atoms with E-state index in [4.69, 9.17) is 0 Å². The molecule has 0 amide bonds. The summed E-state index contributed by atoms with van der Waals surface area (Å²) in [4.78, 5) is 5.24. The van der Waals surface area contributed by atoms with Gasteiger partial charge in [0, 0.05) is 27.6 Å². The third-order valence-electron chi connectivity index (χ3n) is 13.3. The number of nitrogens with zero attached hydrogens (tertiary/aromatic N) is 2. The lowest BCUT2D eigenvalue weighted by Gasteiger charge is -2.47. The molecule has 7 aromatic rings. The molecule has 0 bridgehead atoms. The number of benzene rings is 7. The number of hydrogen-bond acceptors (Lipinski definition) is 2. The topological polar surface area (TPSA) is 6.48 Å². The molecule has 54 heavy (non-hydrogen) atoms. The second kappa shape index (κ2) is 10.7. The molecule has 11 rings (SSSR count). The molecule has 260 valence electrons. The fourth-order valence-corrected chi connectivity index (χ4v) is 11.1. The number of fused-ring (bicyclic) bond motifs is 11. The third kappa shape index (κ3) is 3.87. The van der Waals surface area contributed by atoms with Crippen molar-refractivity contribution in [2.24, 2.45) is 0 Å². The van der Waals surface area contributed by atoms with Crippen LogP contribution in [0.4, 0.5) is 34.1 Å². The van der Waals surface area contributed by atoms with Crippen molar-refractivity contribution in [2.75, 3.05) is 9.80 Å². The van der Waals surface area contributed by atoms with E-state index in [1.807, 2.05) is 0 Å². The van der Waals surface area contributed by atoms with Gasteiger partial charge in [-0.05, 0) is 89.3 Å². The van der Waals surface area contributed by atoms with Crippen LogP contribution in [-0.4, -0.2) is 6.71 Å². The molecule has 3 heteroatoms. The highest BCUT2D eigenvalue weighted by Crippen LogP contribution is 2.61. The maximum absolute atomic E-state index is 2.65. The van der Waals surface area contributed by atoms with E-state index >= 15 is 0 Å². The Balaban J connectivity index is 1.28. The summed E-state index contributed by atoms with van der Waals surface area (Å²) in [6.07, 6.45) is 0. The highest BCUT2D eigenvalue weighted by molar-refractivity contribution is 6.98. The van der Waals surface area contributed by atoms with Gasteiger partial charge in [-0.15, -0.1) is 0 Å². The molecule has 0 spiro atoms. The van der Waals surface area contributed by atoms with Gasteiger partial charge in [0.05, 0.1) is 28.4 Å². The molecule has 2 aliphatic carbocycles. The Bertz CT molecular complexity index is 2760. The van der Waals surface area contributed by atoms with Crippen molar-refractivity contribution in [3.8, 4) is 22.3 Å². The molecular weight excluding hydrogens is 651 g/mol. The number of anilines is 6. The number of hydrogen-bond donors (Lipinski definition) is 0. The maximum atomic E-state index is 2.65. The van der Waals surface area contributed by atoms with E-state index in [0.29, 0.717) is 0 Å². The summed E-state index contributed by atoms with van der Waals surface area (Å²) in [5, 5.41) is 0. The van der Waals surface area contributed by atoms with Crippen LogP contribution in [0.15, 0.2) is 133 Å². The SMILES string of the molecule is Cc1cc(C)c(B2c3cccc4c3N(c3ccccc3N4c3cccc4c3-c3ccccc3C4(C)C)c3c2ccc2c3-c3ccccc3C2(C)C)c(C)c1. The molecule has 0 fully saturated rings. The average Bonchev–Trinajstić information content (AvgIpc) is 3.55. The van der Waals surface area contributed by atoms with Crippen LogP contribution in [0, 0.1) is 20.8 Å².